The van der Waals surface area contributed by atoms with E-state index in [4.69, 9.17) is 4.74 Å². The van der Waals surface area contributed by atoms with Gasteiger partial charge in [0.2, 0.25) is 11.8 Å². The third-order valence-corrected chi connectivity index (χ3v) is 6.02. The standard InChI is InChI=1S/C20H26N2O3/c1-2-25-17-7-5-16(6-8-17)22-12-15(11-19(22)23)20(24)21-18-10-13-3-4-14(18)9-13/h5-8,13-15,18H,2-4,9-12H2,1H3,(H,21,24)/t13-,14-,15-,18+/m0/s1. The Labute approximate surface area is 148 Å². The number of hydrogen-bond donors (Lipinski definition) is 1. The highest BCUT2D eigenvalue weighted by atomic mass is 16.5. The Morgan fingerprint density at radius 3 is 2.68 bits per heavy atom. The number of carbonyl (C=O) groups is 2. The first kappa shape index (κ1) is 16.4. The van der Waals surface area contributed by atoms with Gasteiger partial charge in [-0.05, 0) is 62.3 Å². The van der Waals surface area contributed by atoms with Crippen molar-refractivity contribution in [2.24, 2.45) is 17.8 Å². The number of nitrogens with zero attached hydrogens (tertiary/aromatic N) is 1. The van der Waals surface area contributed by atoms with Gasteiger partial charge in [-0.1, -0.05) is 6.42 Å². The summed E-state index contributed by atoms with van der Waals surface area (Å²) in [6.07, 6.45) is 5.27. The van der Waals surface area contributed by atoms with Gasteiger partial charge in [0.25, 0.3) is 0 Å². The average Bonchev–Trinajstić information content (AvgIpc) is 3.31. The molecule has 2 saturated carbocycles. The maximum atomic E-state index is 12.6. The first-order valence-corrected chi connectivity index (χ1v) is 9.47. The number of rotatable bonds is 5. The molecule has 0 aromatic heterocycles. The highest BCUT2D eigenvalue weighted by molar-refractivity contribution is 6.00. The molecule has 1 aromatic rings. The smallest absolute Gasteiger partial charge is 0.227 e. The summed E-state index contributed by atoms with van der Waals surface area (Å²) in [5, 5.41) is 3.23. The van der Waals surface area contributed by atoms with Crippen LogP contribution in [0.1, 0.15) is 39.0 Å². The van der Waals surface area contributed by atoms with Crippen LogP contribution in [-0.4, -0.2) is 31.0 Å². The molecule has 4 atom stereocenters. The van der Waals surface area contributed by atoms with Crippen molar-refractivity contribution in [2.75, 3.05) is 18.1 Å². The van der Waals surface area contributed by atoms with Gasteiger partial charge in [0, 0.05) is 24.7 Å². The van der Waals surface area contributed by atoms with Gasteiger partial charge < -0.3 is 15.0 Å². The summed E-state index contributed by atoms with van der Waals surface area (Å²) >= 11 is 0. The van der Waals surface area contributed by atoms with E-state index < -0.39 is 0 Å². The molecule has 1 aromatic carbocycles. The Morgan fingerprint density at radius 1 is 1.24 bits per heavy atom. The third kappa shape index (κ3) is 3.24. The highest BCUT2D eigenvalue weighted by Crippen LogP contribution is 2.44. The van der Waals surface area contributed by atoms with E-state index in [-0.39, 0.29) is 17.7 Å². The zero-order valence-corrected chi connectivity index (χ0v) is 14.7. The monoisotopic (exact) mass is 342 g/mol. The second-order valence-corrected chi connectivity index (χ2v) is 7.62. The van der Waals surface area contributed by atoms with Crippen molar-refractivity contribution in [1.82, 2.24) is 5.32 Å². The Kier molecular flexibility index (Phi) is 4.40. The molecule has 1 N–H and O–H groups in total. The SMILES string of the molecule is CCOc1ccc(N2C[C@@H](C(=O)N[C@@H]3C[C@H]4CC[C@H]3C4)CC2=O)cc1. The number of ether oxygens (including phenoxy) is 1. The molecular formula is C20H26N2O3. The molecule has 3 aliphatic rings. The molecule has 1 saturated heterocycles. The second-order valence-electron chi connectivity index (χ2n) is 7.62. The van der Waals surface area contributed by atoms with Crippen LogP contribution in [0.4, 0.5) is 5.69 Å². The molecule has 1 heterocycles. The molecule has 1 aliphatic heterocycles. The van der Waals surface area contributed by atoms with Crippen molar-refractivity contribution < 1.29 is 14.3 Å². The highest BCUT2D eigenvalue weighted by Gasteiger charge is 2.42. The molecule has 2 aliphatic carbocycles. The van der Waals surface area contributed by atoms with Crippen LogP contribution in [0, 0.1) is 17.8 Å². The number of amides is 2. The fourth-order valence-electron chi connectivity index (χ4n) is 4.74. The lowest BCUT2D eigenvalue weighted by Gasteiger charge is -2.24. The quantitative estimate of drug-likeness (QED) is 0.895. The first-order valence-electron chi connectivity index (χ1n) is 9.47. The van der Waals surface area contributed by atoms with Crippen molar-refractivity contribution in [2.45, 2.75) is 45.1 Å². The summed E-state index contributed by atoms with van der Waals surface area (Å²) < 4.78 is 5.44. The van der Waals surface area contributed by atoms with Gasteiger partial charge in [0.05, 0.1) is 12.5 Å². The lowest BCUT2D eigenvalue weighted by Crippen LogP contribution is -2.42. The van der Waals surface area contributed by atoms with Crippen molar-refractivity contribution in [3.8, 4) is 5.75 Å². The molecule has 25 heavy (non-hydrogen) atoms. The van der Waals surface area contributed by atoms with Crippen LogP contribution < -0.4 is 15.0 Å². The van der Waals surface area contributed by atoms with Crippen molar-refractivity contribution in [3.63, 3.8) is 0 Å². The van der Waals surface area contributed by atoms with E-state index in [0.717, 1.165) is 23.8 Å². The number of hydrogen-bond acceptors (Lipinski definition) is 3. The Hall–Kier alpha value is -2.04. The number of anilines is 1. The first-order chi connectivity index (χ1) is 12.1. The summed E-state index contributed by atoms with van der Waals surface area (Å²) in [7, 11) is 0. The molecule has 2 bridgehead atoms. The van der Waals surface area contributed by atoms with Crippen LogP contribution in [0.25, 0.3) is 0 Å². The van der Waals surface area contributed by atoms with Crippen molar-refractivity contribution >= 4 is 17.5 Å². The lowest BCUT2D eigenvalue weighted by atomic mass is 9.94. The fourth-order valence-corrected chi connectivity index (χ4v) is 4.74. The van der Waals surface area contributed by atoms with E-state index in [1.807, 2.05) is 31.2 Å². The summed E-state index contributed by atoms with van der Waals surface area (Å²) in [5.41, 5.74) is 0.837. The molecule has 134 valence electrons. The minimum atomic E-state index is -0.238. The van der Waals surface area contributed by atoms with Gasteiger partial charge in [0.15, 0.2) is 0 Å². The minimum Gasteiger partial charge on any atom is -0.494 e. The second kappa shape index (κ2) is 6.70. The van der Waals surface area contributed by atoms with Gasteiger partial charge in [-0.3, -0.25) is 9.59 Å². The average molecular weight is 342 g/mol. The van der Waals surface area contributed by atoms with Crippen LogP contribution in [0.2, 0.25) is 0 Å². The van der Waals surface area contributed by atoms with Crippen LogP contribution in [0.5, 0.6) is 5.75 Å². The maximum Gasteiger partial charge on any atom is 0.227 e. The van der Waals surface area contributed by atoms with Gasteiger partial charge in [-0.25, -0.2) is 0 Å². The Morgan fingerprint density at radius 2 is 2.04 bits per heavy atom. The van der Waals surface area contributed by atoms with Gasteiger partial charge in [-0.15, -0.1) is 0 Å². The van der Waals surface area contributed by atoms with E-state index >= 15 is 0 Å². The zero-order chi connectivity index (χ0) is 17.4. The number of fused-ring (bicyclic) bond motifs is 2. The van der Waals surface area contributed by atoms with E-state index in [1.165, 1.54) is 19.3 Å². The van der Waals surface area contributed by atoms with Crippen molar-refractivity contribution in [1.29, 1.82) is 0 Å². The molecular weight excluding hydrogens is 316 g/mol. The summed E-state index contributed by atoms with van der Waals surface area (Å²) in [6, 6.07) is 7.85. The summed E-state index contributed by atoms with van der Waals surface area (Å²) in [5.74, 6) is 2.10. The molecule has 0 unspecified atom stereocenters. The number of nitrogens with one attached hydrogen (secondary N) is 1. The summed E-state index contributed by atoms with van der Waals surface area (Å²) in [4.78, 5) is 26.7. The van der Waals surface area contributed by atoms with E-state index in [2.05, 4.69) is 5.32 Å². The van der Waals surface area contributed by atoms with Gasteiger partial charge >= 0.3 is 0 Å². The normalized spacial score (nSPS) is 30.8. The van der Waals surface area contributed by atoms with E-state index in [0.29, 0.717) is 31.5 Å². The zero-order valence-electron chi connectivity index (χ0n) is 14.7. The molecule has 5 heteroatoms. The van der Waals surface area contributed by atoms with E-state index in [9.17, 15) is 9.59 Å². The third-order valence-electron chi connectivity index (χ3n) is 6.02. The van der Waals surface area contributed by atoms with Crippen molar-refractivity contribution in [3.05, 3.63) is 24.3 Å². The number of benzene rings is 1. The lowest BCUT2D eigenvalue weighted by molar-refractivity contribution is -0.127. The van der Waals surface area contributed by atoms with Gasteiger partial charge in [0.1, 0.15) is 5.75 Å². The van der Waals surface area contributed by atoms with Crippen LogP contribution in [0.15, 0.2) is 24.3 Å². The van der Waals surface area contributed by atoms with E-state index in [1.54, 1.807) is 4.90 Å². The molecule has 3 fully saturated rings. The molecule has 5 nitrogen and oxygen atoms in total. The fraction of sp³-hybridized carbons (Fsp3) is 0.600. The van der Waals surface area contributed by atoms with Crippen LogP contribution >= 0.6 is 0 Å². The summed E-state index contributed by atoms with van der Waals surface area (Å²) in [6.45, 7) is 3.03. The molecule has 2 amide bonds. The van der Waals surface area contributed by atoms with Crippen LogP contribution in [-0.2, 0) is 9.59 Å². The largest absolute Gasteiger partial charge is 0.494 e. The molecule has 0 spiro atoms. The minimum absolute atomic E-state index is 0.0252. The Bertz CT molecular complexity index is 657. The molecule has 0 radical (unpaired) electrons. The van der Waals surface area contributed by atoms with Gasteiger partial charge in [-0.2, -0.15) is 0 Å². The maximum absolute atomic E-state index is 12.6. The predicted molar refractivity (Wildman–Crippen MR) is 95.4 cm³/mol. The Balaban J connectivity index is 1.37. The van der Waals surface area contributed by atoms with Crippen LogP contribution in [0.3, 0.4) is 0 Å². The molecule has 4 rings (SSSR count). The topological polar surface area (TPSA) is 58.6 Å². The predicted octanol–water partition coefficient (Wildman–Crippen LogP) is 2.74. The number of carbonyl (C=O) groups excluding carboxylic acids is 2.